The number of hydrogen-bond acceptors (Lipinski definition) is 5. The maximum absolute atomic E-state index is 13.1. The molecule has 0 heterocycles. The van der Waals surface area contributed by atoms with E-state index < -0.39 is 28.4 Å². The number of sulfonamides is 1. The van der Waals surface area contributed by atoms with E-state index in [2.05, 4.69) is 4.72 Å². The van der Waals surface area contributed by atoms with Gasteiger partial charge in [0.15, 0.2) is 0 Å². The number of rotatable bonds is 8. The maximum Gasteiger partial charge on any atom is 0.321 e. The lowest BCUT2D eigenvalue weighted by Crippen LogP contribution is -2.31. The average Bonchev–Trinajstić information content (AvgIpc) is 2.58. The molecule has 0 amide bonds. The van der Waals surface area contributed by atoms with Gasteiger partial charge in [0.1, 0.15) is 31.3 Å². The molecule has 2 aromatic rings. The van der Waals surface area contributed by atoms with Crippen LogP contribution in [0.15, 0.2) is 53.4 Å². The minimum Gasteiger partial charge on any atom is -0.490 e. The van der Waals surface area contributed by atoms with Crippen LogP contribution in [0.4, 0.5) is 4.39 Å². The van der Waals surface area contributed by atoms with Gasteiger partial charge in [0, 0.05) is 0 Å². The molecule has 2 rings (SSSR count). The Morgan fingerprint density at radius 2 is 1.84 bits per heavy atom. The summed E-state index contributed by atoms with van der Waals surface area (Å²) in [5, 5.41) is 0. The van der Waals surface area contributed by atoms with Crippen LogP contribution in [0.3, 0.4) is 0 Å². The van der Waals surface area contributed by atoms with Gasteiger partial charge in [0.2, 0.25) is 10.0 Å². The molecular weight excluding hydrogens is 349 g/mol. The minimum atomic E-state index is -3.98. The van der Waals surface area contributed by atoms with E-state index in [-0.39, 0.29) is 18.1 Å². The first-order valence-electron chi connectivity index (χ1n) is 7.47. The highest BCUT2D eigenvalue weighted by molar-refractivity contribution is 7.89. The molecule has 0 aliphatic carbocycles. The van der Waals surface area contributed by atoms with Gasteiger partial charge in [-0.2, -0.15) is 4.72 Å². The summed E-state index contributed by atoms with van der Waals surface area (Å²) in [6.07, 6.45) is 0. The molecule has 0 aromatic heterocycles. The fraction of sp³-hybridized carbons (Fsp3) is 0.235. The van der Waals surface area contributed by atoms with Crippen molar-refractivity contribution in [1.82, 2.24) is 4.72 Å². The highest BCUT2D eigenvalue weighted by Gasteiger charge is 2.16. The fourth-order valence-electron chi connectivity index (χ4n) is 1.87. The Hall–Kier alpha value is -2.45. The Kier molecular flexibility index (Phi) is 6.49. The number of halogens is 1. The van der Waals surface area contributed by atoms with Crippen LogP contribution in [0.25, 0.3) is 0 Å². The van der Waals surface area contributed by atoms with E-state index in [4.69, 9.17) is 9.47 Å². The van der Waals surface area contributed by atoms with Crippen molar-refractivity contribution in [1.29, 1.82) is 0 Å². The van der Waals surface area contributed by atoms with Crippen LogP contribution in [-0.2, 0) is 19.6 Å². The third kappa shape index (κ3) is 6.17. The number of carbonyl (C=O) groups excluding carboxylic acids is 1. The van der Waals surface area contributed by atoms with Crippen molar-refractivity contribution in [2.45, 2.75) is 11.8 Å². The summed E-state index contributed by atoms with van der Waals surface area (Å²) in [4.78, 5) is 11.3. The molecule has 0 bridgehead atoms. The highest BCUT2D eigenvalue weighted by Crippen LogP contribution is 2.11. The lowest BCUT2D eigenvalue weighted by atomic mass is 10.2. The van der Waals surface area contributed by atoms with E-state index in [9.17, 15) is 17.6 Å². The number of carbonyl (C=O) groups is 1. The topological polar surface area (TPSA) is 81.7 Å². The molecule has 134 valence electrons. The zero-order chi connectivity index (χ0) is 18.3. The third-order valence-corrected chi connectivity index (χ3v) is 4.55. The Morgan fingerprint density at radius 3 is 2.52 bits per heavy atom. The summed E-state index contributed by atoms with van der Waals surface area (Å²) >= 11 is 0. The van der Waals surface area contributed by atoms with E-state index in [0.29, 0.717) is 5.75 Å². The molecule has 0 aliphatic rings. The van der Waals surface area contributed by atoms with Crippen LogP contribution < -0.4 is 9.46 Å². The van der Waals surface area contributed by atoms with Crippen molar-refractivity contribution in [2.24, 2.45) is 0 Å². The largest absolute Gasteiger partial charge is 0.490 e. The van der Waals surface area contributed by atoms with Crippen molar-refractivity contribution >= 4 is 16.0 Å². The van der Waals surface area contributed by atoms with E-state index in [0.717, 1.165) is 17.7 Å². The average molecular weight is 367 g/mol. The SMILES string of the molecule is Cc1ccc(OCCOC(=O)CNS(=O)(=O)c2cccc(F)c2)cc1. The highest BCUT2D eigenvalue weighted by atomic mass is 32.2. The third-order valence-electron chi connectivity index (χ3n) is 3.15. The second kappa shape index (κ2) is 8.59. The summed E-state index contributed by atoms with van der Waals surface area (Å²) in [5.41, 5.74) is 1.10. The molecule has 0 unspecified atom stereocenters. The predicted molar refractivity (Wildman–Crippen MR) is 89.2 cm³/mol. The Bertz CT molecular complexity index is 821. The Labute approximate surface area is 145 Å². The zero-order valence-corrected chi connectivity index (χ0v) is 14.4. The summed E-state index contributed by atoms with van der Waals surface area (Å²) in [5.74, 6) is -0.792. The van der Waals surface area contributed by atoms with Crippen LogP contribution in [-0.4, -0.2) is 34.1 Å². The molecule has 0 saturated heterocycles. The summed E-state index contributed by atoms with van der Waals surface area (Å²) in [6.45, 7) is 1.53. The fourth-order valence-corrected chi connectivity index (χ4v) is 2.87. The lowest BCUT2D eigenvalue weighted by molar-refractivity contribution is -0.142. The molecule has 0 atom stereocenters. The van der Waals surface area contributed by atoms with Crippen LogP contribution in [0.1, 0.15) is 5.56 Å². The molecule has 0 fully saturated rings. The van der Waals surface area contributed by atoms with Gasteiger partial charge in [0.05, 0.1) is 4.90 Å². The van der Waals surface area contributed by atoms with Gasteiger partial charge in [0.25, 0.3) is 0 Å². The van der Waals surface area contributed by atoms with Gasteiger partial charge >= 0.3 is 5.97 Å². The normalized spacial score (nSPS) is 11.1. The van der Waals surface area contributed by atoms with Gasteiger partial charge in [-0.3, -0.25) is 4.79 Å². The van der Waals surface area contributed by atoms with Crippen molar-refractivity contribution < 1.29 is 27.1 Å². The summed E-state index contributed by atoms with van der Waals surface area (Å²) < 4.78 is 49.2. The van der Waals surface area contributed by atoms with Crippen LogP contribution in [0, 0.1) is 12.7 Å². The first-order chi connectivity index (χ1) is 11.9. The van der Waals surface area contributed by atoms with E-state index in [1.54, 1.807) is 12.1 Å². The maximum atomic E-state index is 13.1. The second-order valence-electron chi connectivity index (χ2n) is 5.16. The van der Waals surface area contributed by atoms with Gasteiger partial charge in [-0.1, -0.05) is 23.8 Å². The smallest absolute Gasteiger partial charge is 0.321 e. The Balaban J connectivity index is 1.72. The molecule has 0 aliphatic heterocycles. The first kappa shape index (κ1) is 18.9. The molecule has 6 nitrogen and oxygen atoms in total. The predicted octanol–water partition coefficient (Wildman–Crippen LogP) is 2.03. The van der Waals surface area contributed by atoms with Gasteiger partial charge in [-0.05, 0) is 37.3 Å². The molecule has 1 N–H and O–H groups in total. The molecule has 25 heavy (non-hydrogen) atoms. The van der Waals surface area contributed by atoms with Crippen molar-refractivity contribution in [3.8, 4) is 5.75 Å². The van der Waals surface area contributed by atoms with Crippen molar-refractivity contribution in [2.75, 3.05) is 19.8 Å². The summed E-state index contributed by atoms with van der Waals surface area (Å²) in [7, 11) is -3.98. The van der Waals surface area contributed by atoms with Gasteiger partial charge in [-0.15, -0.1) is 0 Å². The van der Waals surface area contributed by atoms with Crippen LogP contribution >= 0.6 is 0 Å². The number of esters is 1. The van der Waals surface area contributed by atoms with E-state index >= 15 is 0 Å². The molecule has 2 aromatic carbocycles. The van der Waals surface area contributed by atoms with Crippen LogP contribution in [0.2, 0.25) is 0 Å². The number of benzene rings is 2. The first-order valence-corrected chi connectivity index (χ1v) is 8.95. The second-order valence-corrected chi connectivity index (χ2v) is 6.93. The molecule has 8 heteroatoms. The summed E-state index contributed by atoms with van der Waals surface area (Å²) in [6, 6.07) is 11.9. The van der Waals surface area contributed by atoms with Crippen LogP contribution in [0.5, 0.6) is 5.75 Å². The molecule has 0 saturated carbocycles. The van der Waals surface area contributed by atoms with E-state index in [1.807, 2.05) is 19.1 Å². The van der Waals surface area contributed by atoms with Crippen molar-refractivity contribution in [3.63, 3.8) is 0 Å². The Morgan fingerprint density at radius 1 is 1.12 bits per heavy atom. The number of nitrogens with one attached hydrogen (secondary N) is 1. The molecular formula is C17H18FNO5S. The van der Waals surface area contributed by atoms with Gasteiger partial charge in [-0.25, -0.2) is 12.8 Å². The molecule has 0 spiro atoms. The molecule has 0 radical (unpaired) electrons. The number of hydrogen-bond donors (Lipinski definition) is 1. The number of ether oxygens (including phenoxy) is 2. The van der Waals surface area contributed by atoms with E-state index in [1.165, 1.54) is 12.1 Å². The van der Waals surface area contributed by atoms with Gasteiger partial charge < -0.3 is 9.47 Å². The minimum absolute atomic E-state index is 0.0194. The number of aryl methyl sites for hydroxylation is 1. The van der Waals surface area contributed by atoms with Crippen molar-refractivity contribution in [3.05, 3.63) is 59.9 Å². The monoisotopic (exact) mass is 367 g/mol. The standard InChI is InChI=1S/C17H18FNO5S/c1-13-5-7-15(8-6-13)23-9-10-24-17(20)12-19-25(21,22)16-4-2-3-14(18)11-16/h2-8,11,19H,9-10,12H2,1H3. The zero-order valence-electron chi connectivity index (χ0n) is 13.6. The lowest BCUT2D eigenvalue weighted by Gasteiger charge is -2.09. The quantitative estimate of drug-likeness (QED) is 0.570.